The van der Waals surface area contributed by atoms with Crippen molar-refractivity contribution in [3.63, 3.8) is 0 Å². The van der Waals surface area contributed by atoms with Crippen LogP contribution >= 0.6 is 0 Å². The van der Waals surface area contributed by atoms with Crippen LogP contribution in [-0.4, -0.2) is 36.9 Å². The molecular weight excluding hydrogens is 272 g/mol. The van der Waals surface area contributed by atoms with Gasteiger partial charge in [-0.25, -0.2) is 9.59 Å². The number of hydrogen-bond donors (Lipinski definition) is 1. The maximum absolute atomic E-state index is 11.3. The first-order valence-corrected chi connectivity index (χ1v) is 7.83. The van der Waals surface area contributed by atoms with Gasteiger partial charge >= 0.3 is 11.9 Å². The first-order valence-electron chi connectivity index (χ1n) is 7.83. The fraction of sp³-hybridized carbons (Fsp3) is 0.750. The Kier molecular flexibility index (Phi) is 14.1. The molecule has 0 aromatic rings. The van der Waals surface area contributed by atoms with E-state index in [2.05, 4.69) is 11.7 Å². The molecule has 0 bridgehead atoms. The lowest BCUT2D eigenvalue weighted by Crippen LogP contribution is -2.07. The van der Waals surface area contributed by atoms with Crippen molar-refractivity contribution in [3.8, 4) is 0 Å². The van der Waals surface area contributed by atoms with Crippen LogP contribution in [0.3, 0.4) is 0 Å². The number of aliphatic hydroxyl groups is 1. The molecule has 0 aliphatic rings. The number of aliphatic hydroxyl groups excluding tert-OH is 1. The summed E-state index contributed by atoms with van der Waals surface area (Å²) in [7, 11) is 0. The van der Waals surface area contributed by atoms with Crippen LogP contribution in [0.4, 0.5) is 0 Å². The van der Waals surface area contributed by atoms with Gasteiger partial charge in [0, 0.05) is 12.2 Å². The highest BCUT2D eigenvalue weighted by Gasteiger charge is 2.00. The largest absolute Gasteiger partial charge is 0.463 e. The molecule has 1 N–H and O–H groups in total. The third-order valence-corrected chi connectivity index (χ3v) is 2.93. The number of ether oxygens (including phenoxy) is 2. The van der Waals surface area contributed by atoms with E-state index in [0.29, 0.717) is 6.61 Å². The number of hydrogen-bond acceptors (Lipinski definition) is 5. The molecule has 0 unspecified atom stereocenters. The monoisotopic (exact) mass is 300 g/mol. The van der Waals surface area contributed by atoms with Gasteiger partial charge in [-0.15, -0.1) is 0 Å². The molecule has 21 heavy (non-hydrogen) atoms. The molecule has 5 heteroatoms. The molecule has 5 nitrogen and oxygen atoms in total. The number of esters is 2. The normalized spacial score (nSPS) is 10.8. The van der Waals surface area contributed by atoms with E-state index in [9.17, 15) is 9.59 Å². The molecule has 0 aromatic carbocycles. The second-order valence-electron chi connectivity index (χ2n) is 4.87. The van der Waals surface area contributed by atoms with Crippen molar-refractivity contribution in [1.82, 2.24) is 0 Å². The van der Waals surface area contributed by atoms with Gasteiger partial charge in [-0.1, -0.05) is 51.9 Å². The Morgan fingerprint density at radius 2 is 1.29 bits per heavy atom. The van der Waals surface area contributed by atoms with Gasteiger partial charge in [-0.3, -0.25) is 0 Å². The first-order chi connectivity index (χ1) is 10.2. The van der Waals surface area contributed by atoms with E-state index in [0.717, 1.165) is 25.0 Å². The van der Waals surface area contributed by atoms with E-state index in [1.807, 2.05) is 0 Å². The summed E-state index contributed by atoms with van der Waals surface area (Å²) in [5.74, 6) is -1.20. The number of carbonyl (C=O) groups is 2. The second kappa shape index (κ2) is 15.0. The van der Waals surface area contributed by atoms with Crippen LogP contribution in [0.2, 0.25) is 0 Å². The molecule has 0 aliphatic heterocycles. The van der Waals surface area contributed by atoms with Gasteiger partial charge in [0.1, 0.15) is 6.61 Å². The zero-order chi connectivity index (χ0) is 15.8. The smallest absolute Gasteiger partial charge is 0.331 e. The van der Waals surface area contributed by atoms with Crippen molar-refractivity contribution in [1.29, 1.82) is 0 Å². The zero-order valence-corrected chi connectivity index (χ0v) is 13.0. The van der Waals surface area contributed by atoms with Crippen molar-refractivity contribution in [2.75, 3.05) is 19.8 Å². The van der Waals surface area contributed by atoms with Crippen LogP contribution in [0, 0.1) is 0 Å². The van der Waals surface area contributed by atoms with Gasteiger partial charge in [0.25, 0.3) is 0 Å². The van der Waals surface area contributed by atoms with Gasteiger partial charge in [0.2, 0.25) is 0 Å². The predicted octanol–water partition coefficient (Wildman–Crippen LogP) is 2.76. The summed E-state index contributed by atoms with van der Waals surface area (Å²) in [6, 6.07) is 0. The topological polar surface area (TPSA) is 72.8 Å². The molecule has 0 fully saturated rings. The maximum Gasteiger partial charge on any atom is 0.331 e. The van der Waals surface area contributed by atoms with Gasteiger partial charge in [-0.05, 0) is 6.42 Å². The Bertz CT molecular complexity index is 299. The van der Waals surface area contributed by atoms with E-state index in [-0.39, 0.29) is 13.2 Å². The molecule has 0 aliphatic carbocycles. The van der Waals surface area contributed by atoms with E-state index < -0.39 is 11.9 Å². The van der Waals surface area contributed by atoms with Crippen LogP contribution in [0.15, 0.2) is 12.2 Å². The van der Waals surface area contributed by atoms with Crippen molar-refractivity contribution in [2.24, 2.45) is 0 Å². The second-order valence-corrected chi connectivity index (χ2v) is 4.87. The van der Waals surface area contributed by atoms with Crippen molar-refractivity contribution < 1.29 is 24.2 Å². The molecule has 0 saturated heterocycles. The standard InChI is InChI=1S/C16H28O5/c1-2-3-4-5-6-7-8-9-13-20-15(18)10-11-16(19)21-14-12-17/h10-11,17H,2-9,12-14H2,1H3. The van der Waals surface area contributed by atoms with E-state index in [1.54, 1.807) is 0 Å². The summed E-state index contributed by atoms with van der Waals surface area (Å²) in [5.41, 5.74) is 0. The van der Waals surface area contributed by atoms with Crippen LogP contribution in [0.5, 0.6) is 0 Å². The SMILES string of the molecule is CCCCCCCCCCOC(=O)C=CC(=O)OCCO. The minimum atomic E-state index is -0.659. The minimum Gasteiger partial charge on any atom is -0.463 e. The van der Waals surface area contributed by atoms with Gasteiger partial charge in [-0.2, -0.15) is 0 Å². The number of rotatable bonds is 13. The average molecular weight is 300 g/mol. The van der Waals surface area contributed by atoms with E-state index in [1.165, 1.54) is 38.5 Å². The van der Waals surface area contributed by atoms with Crippen molar-refractivity contribution >= 4 is 11.9 Å². The summed E-state index contributed by atoms with van der Waals surface area (Å²) >= 11 is 0. The Hall–Kier alpha value is -1.36. The van der Waals surface area contributed by atoms with Crippen LogP contribution in [0.1, 0.15) is 58.3 Å². The Morgan fingerprint density at radius 1 is 0.810 bits per heavy atom. The summed E-state index contributed by atoms with van der Waals surface area (Å²) in [6.45, 7) is 2.28. The lowest BCUT2D eigenvalue weighted by molar-refractivity contribution is -0.141. The summed E-state index contributed by atoms with van der Waals surface area (Å²) < 4.78 is 9.52. The van der Waals surface area contributed by atoms with Crippen LogP contribution in [0.25, 0.3) is 0 Å². The molecule has 122 valence electrons. The molecule has 0 aromatic heterocycles. The van der Waals surface area contributed by atoms with Gasteiger partial charge < -0.3 is 14.6 Å². The Balaban J connectivity index is 3.41. The highest BCUT2D eigenvalue weighted by molar-refractivity contribution is 5.91. The van der Waals surface area contributed by atoms with Crippen molar-refractivity contribution in [3.05, 3.63) is 12.2 Å². The predicted molar refractivity (Wildman–Crippen MR) is 80.8 cm³/mol. The summed E-state index contributed by atoms with van der Waals surface area (Å²) in [5, 5.41) is 8.45. The Morgan fingerprint density at radius 3 is 1.81 bits per heavy atom. The van der Waals surface area contributed by atoms with Crippen molar-refractivity contribution in [2.45, 2.75) is 58.3 Å². The van der Waals surface area contributed by atoms with E-state index in [4.69, 9.17) is 9.84 Å². The molecule has 0 spiro atoms. The molecule has 0 saturated carbocycles. The molecule has 0 radical (unpaired) electrons. The van der Waals surface area contributed by atoms with Gasteiger partial charge in [0.05, 0.1) is 13.2 Å². The lowest BCUT2D eigenvalue weighted by Gasteiger charge is -2.03. The molecule has 0 amide bonds. The van der Waals surface area contributed by atoms with E-state index >= 15 is 0 Å². The average Bonchev–Trinajstić information content (AvgIpc) is 2.49. The maximum atomic E-state index is 11.3. The zero-order valence-electron chi connectivity index (χ0n) is 13.0. The summed E-state index contributed by atoms with van der Waals surface area (Å²) in [6.07, 6.45) is 11.5. The molecule has 0 atom stereocenters. The van der Waals surface area contributed by atoms with Gasteiger partial charge in [0.15, 0.2) is 0 Å². The van der Waals surface area contributed by atoms with Crippen LogP contribution in [-0.2, 0) is 19.1 Å². The Labute approximate surface area is 127 Å². The minimum absolute atomic E-state index is 0.0729. The lowest BCUT2D eigenvalue weighted by atomic mass is 10.1. The first kappa shape index (κ1) is 19.6. The third-order valence-electron chi connectivity index (χ3n) is 2.93. The molecule has 0 heterocycles. The quantitative estimate of drug-likeness (QED) is 0.322. The highest BCUT2D eigenvalue weighted by atomic mass is 16.5. The fourth-order valence-corrected chi connectivity index (χ4v) is 1.79. The third kappa shape index (κ3) is 14.9. The molecular formula is C16H28O5. The molecule has 0 rings (SSSR count). The van der Waals surface area contributed by atoms with Crippen LogP contribution < -0.4 is 0 Å². The highest BCUT2D eigenvalue weighted by Crippen LogP contribution is 2.08. The number of unbranched alkanes of at least 4 members (excludes halogenated alkanes) is 7. The fourth-order valence-electron chi connectivity index (χ4n) is 1.79. The number of carbonyl (C=O) groups excluding carboxylic acids is 2. The summed E-state index contributed by atoms with van der Waals surface area (Å²) in [4.78, 5) is 22.3.